The number of rotatable bonds is 5. The largest absolute Gasteiger partial charge is 0.283 e. The summed E-state index contributed by atoms with van der Waals surface area (Å²) in [5.74, 6) is 0. The van der Waals surface area contributed by atoms with Crippen LogP contribution in [0.25, 0.3) is 5.57 Å². The zero-order valence-electron chi connectivity index (χ0n) is 9.90. The molecule has 0 spiro atoms. The van der Waals surface area contributed by atoms with Gasteiger partial charge in [0, 0.05) is 10.4 Å². The molecular weight excluding hydrogens is 302 g/mol. The first kappa shape index (κ1) is 14.3. The molecule has 0 saturated heterocycles. The lowest BCUT2D eigenvalue weighted by molar-refractivity contribution is 0.607. The van der Waals surface area contributed by atoms with E-state index in [1.54, 1.807) is 12.1 Å². The Balaban J connectivity index is 3.12. The van der Waals surface area contributed by atoms with Gasteiger partial charge >= 0.3 is 0 Å². The maximum atomic E-state index is 11.3. The average molecular weight is 318 g/mol. The summed E-state index contributed by atoms with van der Waals surface area (Å²) in [6, 6.07) is 7.25. The molecule has 1 rings (SSSR count). The normalized spacial score (nSPS) is 13.1. The second kappa shape index (κ2) is 5.69. The number of allylic oxidation sites excluding steroid dienone is 1. The Bertz CT molecular complexity index is 511. The smallest absolute Gasteiger partial charge is 0.229 e. The van der Waals surface area contributed by atoms with Gasteiger partial charge in [-0.15, -0.1) is 0 Å². The number of sulfonamides is 1. The van der Waals surface area contributed by atoms with Gasteiger partial charge in [0.05, 0.1) is 11.9 Å². The SMILES string of the molecule is C=C(c1ccccc1NS(C)(=O)=O)C(Br)CC. The van der Waals surface area contributed by atoms with Crippen molar-refractivity contribution in [3.63, 3.8) is 0 Å². The monoisotopic (exact) mass is 317 g/mol. The van der Waals surface area contributed by atoms with Crippen molar-refractivity contribution < 1.29 is 8.42 Å². The Kier molecular flexibility index (Phi) is 4.77. The quantitative estimate of drug-likeness (QED) is 0.847. The van der Waals surface area contributed by atoms with Gasteiger partial charge in [-0.25, -0.2) is 8.42 Å². The molecule has 1 atom stereocenters. The minimum absolute atomic E-state index is 0.144. The highest BCUT2D eigenvalue weighted by Gasteiger charge is 2.13. The fourth-order valence-corrected chi connectivity index (χ4v) is 2.29. The van der Waals surface area contributed by atoms with Crippen LogP contribution in [0.15, 0.2) is 30.8 Å². The molecule has 1 unspecified atom stereocenters. The summed E-state index contributed by atoms with van der Waals surface area (Å²) in [4.78, 5) is 0.144. The Morgan fingerprint density at radius 2 is 2.06 bits per heavy atom. The van der Waals surface area contributed by atoms with Crippen molar-refractivity contribution >= 4 is 37.2 Å². The van der Waals surface area contributed by atoms with Gasteiger partial charge in [0.25, 0.3) is 0 Å². The van der Waals surface area contributed by atoms with Crippen molar-refractivity contribution in [2.75, 3.05) is 11.0 Å². The molecule has 5 heteroatoms. The second-order valence-corrected chi connectivity index (χ2v) is 6.67. The van der Waals surface area contributed by atoms with Crippen molar-refractivity contribution in [2.24, 2.45) is 0 Å². The summed E-state index contributed by atoms with van der Waals surface area (Å²) >= 11 is 3.52. The fourth-order valence-electron chi connectivity index (χ4n) is 1.47. The first-order valence-corrected chi connectivity index (χ1v) is 8.06. The Morgan fingerprint density at radius 1 is 1.47 bits per heavy atom. The minimum Gasteiger partial charge on any atom is -0.283 e. The number of anilines is 1. The van der Waals surface area contributed by atoms with Crippen molar-refractivity contribution in [2.45, 2.75) is 18.2 Å². The van der Waals surface area contributed by atoms with E-state index in [0.717, 1.165) is 23.8 Å². The zero-order chi connectivity index (χ0) is 13.1. The van der Waals surface area contributed by atoms with Crippen LogP contribution in [0.4, 0.5) is 5.69 Å². The van der Waals surface area contributed by atoms with E-state index in [2.05, 4.69) is 27.2 Å². The predicted octanol–water partition coefficient (Wildman–Crippen LogP) is 3.24. The number of nitrogens with one attached hydrogen (secondary N) is 1. The first-order chi connectivity index (χ1) is 7.85. The molecule has 0 amide bonds. The van der Waals surface area contributed by atoms with E-state index in [1.165, 1.54) is 0 Å². The third kappa shape index (κ3) is 4.16. The van der Waals surface area contributed by atoms with E-state index >= 15 is 0 Å². The van der Waals surface area contributed by atoms with E-state index in [4.69, 9.17) is 0 Å². The molecule has 0 heterocycles. The van der Waals surface area contributed by atoms with Crippen LogP contribution in [0.5, 0.6) is 0 Å². The van der Waals surface area contributed by atoms with E-state index in [-0.39, 0.29) is 4.83 Å². The lowest BCUT2D eigenvalue weighted by Crippen LogP contribution is -2.12. The van der Waals surface area contributed by atoms with Crippen molar-refractivity contribution in [1.82, 2.24) is 0 Å². The van der Waals surface area contributed by atoms with Crippen molar-refractivity contribution in [3.05, 3.63) is 36.4 Å². The van der Waals surface area contributed by atoms with Crippen LogP contribution in [0.3, 0.4) is 0 Å². The molecule has 0 aromatic heterocycles. The molecule has 0 fully saturated rings. The number of alkyl halides is 1. The average Bonchev–Trinajstić information content (AvgIpc) is 2.25. The predicted molar refractivity (Wildman–Crippen MR) is 76.9 cm³/mol. The lowest BCUT2D eigenvalue weighted by atomic mass is 10.0. The first-order valence-electron chi connectivity index (χ1n) is 5.25. The van der Waals surface area contributed by atoms with Gasteiger partial charge in [-0.2, -0.15) is 0 Å². The highest BCUT2D eigenvalue weighted by Crippen LogP contribution is 2.30. The molecule has 0 radical (unpaired) electrons. The van der Waals surface area contributed by atoms with Crippen LogP contribution >= 0.6 is 15.9 Å². The number of hydrogen-bond acceptors (Lipinski definition) is 2. The Labute approximate surface area is 111 Å². The summed E-state index contributed by atoms with van der Waals surface area (Å²) in [6.07, 6.45) is 2.03. The number of halogens is 1. The third-order valence-corrected chi connectivity index (χ3v) is 4.10. The zero-order valence-corrected chi connectivity index (χ0v) is 12.3. The number of hydrogen-bond donors (Lipinski definition) is 1. The summed E-state index contributed by atoms with van der Waals surface area (Å²) in [6.45, 7) is 6.04. The highest BCUT2D eigenvalue weighted by atomic mass is 79.9. The molecule has 0 bridgehead atoms. The van der Waals surface area contributed by atoms with E-state index in [1.807, 2.05) is 19.1 Å². The molecule has 1 aromatic rings. The molecule has 17 heavy (non-hydrogen) atoms. The van der Waals surface area contributed by atoms with Gasteiger partial charge in [-0.1, -0.05) is 47.6 Å². The standard InChI is InChI=1S/C12H16BrNO2S/c1-4-11(13)9(2)10-7-5-6-8-12(10)14-17(3,15)16/h5-8,11,14H,2,4H2,1,3H3. The van der Waals surface area contributed by atoms with Crippen molar-refractivity contribution in [3.8, 4) is 0 Å². The summed E-state index contributed by atoms with van der Waals surface area (Å²) in [7, 11) is -3.27. The van der Waals surface area contributed by atoms with E-state index < -0.39 is 10.0 Å². The van der Waals surface area contributed by atoms with Crippen LogP contribution in [0.1, 0.15) is 18.9 Å². The molecule has 0 aliphatic heterocycles. The van der Waals surface area contributed by atoms with Crippen LogP contribution in [0.2, 0.25) is 0 Å². The van der Waals surface area contributed by atoms with Crippen LogP contribution in [-0.4, -0.2) is 19.5 Å². The summed E-state index contributed by atoms with van der Waals surface area (Å²) < 4.78 is 25.0. The maximum absolute atomic E-state index is 11.3. The van der Waals surface area contributed by atoms with Gasteiger partial charge in [0.1, 0.15) is 0 Å². The minimum atomic E-state index is -3.27. The topological polar surface area (TPSA) is 46.2 Å². The molecule has 0 aliphatic carbocycles. The van der Waals surface area contributed by atoms with Crippen molar-refractivity contribution in [1.29, 1.82) is 0 Å². The number of benzene rings is 1. The Morgan fingerprint density at radius 3 is 2.59 bits per heavy atom. The van der Waals surface area contributed by atoms with Crippen LogP contribution < -0.4 is 4.72 Å². The van der Waals surface area contributed by atoms with Gasteiger partial charge in [-0.3, -0.25) is 4.72 Å². The summed E-state index contributed by atoms with van der Waals surface area (Å²) in [5, 5.41) is 0. The lowest BCUT2D eigenvalue weighted by Gasteiger charge is -2.15. The molecule has 1 N–H and O–H groups in total. The molecule has 94 valence electrons. The third-order valence-electron chi connectivity index (χ3n) is 2.30. The fraction of sp³-hybridized carbons (Fsp3) is 0.333. The van der Waals surface area contributed by atoms with Gasteiger partial charge in [0.2, 0.25) is 10.0 Å². The van der Waals surface area contributed by atoms with Gasteiger partial charge in [0.15, 0.2) is 0 Å². The molecule has 0 aliphatic rings. The van der Waals surface area contributed by atoms with Crippen LogP contribution in [-0.2, 0) is 10.0 Å². The second-order valence-electron chi connectivity index (χ2n) is 3.82. The van der Waals surface area contributed by atoms with Crippen LogP contribution in [0, 0.1) is 0 Å². The highest BCUT2D eigenvalue weighted by molar-refractivity contribution is 9.09. The van der Waals surface area contributed by atoms with E-state index in [0.29, 0.717) is 5.69 Å². The number of para-hydroxylation sites is 1. The van der Waals surface area contributed by atoms with Gasteiger partial charge in [-0.05, 0) is 18.1 Å². The molecular formula is C12H16BrNO2S. The maximum Gasteiger partial charge on any atom is 0.229 e. The molecule has 1 aromatic carbocycles. The summed E-state index contributed by atoms with van der Waals surface area (Å²) in [5.41, 5.74) is 2.26. The molecule has 0 saturated carbocycles. The van der Waals surface area contributed by atoms with E-state index in [9.17, 15) is 8.42 Å². The Hall–Kier alpha value is -0.810. The van der Waals surface area contributed by atoms with Gasteiger partial charge < -0.3 is 0 Å². The molecule has 3 nitrogen and oxygen atoms in total.